The fraction of sp³-hybridized carbons (Fsp3) is 0.861. The van der Waals surface area contributed by atoms with Gasteiger partial charge < -0.3 is 45.1 Å². The summed E-state index contributed by atoms with van der Waals surface area (Å²) in [6.07, 6.45) is 69.8. The monoisotopic (exact) mass is 1170 g/mol. The molecule has 1 aliphatic heterocycles. The van der Waals surface area contributed by atoms with Crippen LogP contribution in [0.3, 0.4) is 0 Å². The van der Waals surface area contributed by atoms with E-state index in [4.69, 9.17) is 14.2 Å². The first-order chi connectivity index (χ1) is 40.7. The number of amides is 1. The van der Waals surface area contributed by atoms with Gasteiger partial charge in [0.2, 0.25) is 5.91 Å². The molecule has 0 aromatic carbocycles. The number of hydrogen-bond acceptors (Lipinski definition) is 10. The molecule has 1 aliphatic rings. The number of unbranched alkanes of at least 4 members (excludes halogenated alkanes) is 42. The van der Waals surface area contributed by atoms with Crippen LogP contribution in [0, 0.1) is 0 Å². The number of aliphatic hydroxyl groups is 5. The van der Waals surface area contributed by atoms with Gasteiger partial charge in [-0.15, -0.1) is 0 Å². The number of esters is 1. The number of aliphatic hydroxyl groups excluding tert-OH is 5. The molecule has 0 aliphatic carbocycles. The number of ether oxygens (including phenoxy) is 3. The lowest BCUT2D eigenvalue weighted by Crippen LogP contribution is -2.60. The van der Waals surface area contributed by atoms with Crippen LogP contribution in [0.2, 0.25) is 0 Å². The van der Waals surface area contributed by atoms with Crippen molar-refractivity contribution in [3.8, 4) is 0 Å². The number of allylic oxidation sites excluding steroid dienone is 7. The van der Waals surface area contributed by atoms with Gasteiger partial charge in [0.1, 0.15) is 24.4 Å². The van der Waals surface area contributed by atoms with Crippen LogP contribution in [0.15, 0.2) is 48.6 Å². The maximum absolute atomic E-state index is 13.0. The van der Waals surface area contributed by atoms with E-state index in [1.807, 2.05) is 6.08 Å². The van der Waals surface area contributed by atoms with Gasteiger partial charge in [-0.3, -0.25) is 9.59 Å². The third-order valence-electron chi connectivity index (χ3n) is 16.6. The predicted octanol–water partition coefficient (Wildman–Crippen LogP) is 18.0. The Bertz CT molecular complexity index is 1520. The molecule has 1 rings (SSSR count). The molecule has 11 nitrogen and oxygen atoms in total. The van der Waals surface area contributed by atoms with E-state index in [1.165, 1.54) is 244 Å². The lowest BCUT2D eigenvalue weighted by Gasteiger charge is -2.40. The van der Waals surface area contributed by atoms with Crippen LogP contribution in [0.5, 0.6) is 0 Å². The van der Waals surface area contributed by atoms with Crippen molar-refractivity contribution in [2.24, 2.45) is 0 Å². The van der Waals surface area contributed by atoms with E-state index in [9.17, 15) is 35.1 Å². The maximum Gasteiger partial charge on any atom is 0.305 e. The Balaban J connectivity index is 1.90. The van der Waals surface area contributed by atoms with Crippen LogP contribution in [0.1, 0.15) is 335 Å². The fourth-order valence-corrected chi connectivity index (χ4v) is 11.1. The van der Waals surface area contributed by atoms with Crippen molar-refractivity contribution in [3.63, 3.8) is 0 Å². The highest BCUT2D eigenvalue weighted by atomic mass is 16.7. The Morgan fingerprint density at radius 3 is 1.28 bits per heavy atom. The number of carbonyl (C=O) groups excluding carboxylic acids is 2. The molecule has 7 unspecified atom stereocenters. The molecular weight excluding hydrogens is 1040 g/mol. The minimum absolute atomic E-state index is 0.00414. The second-order valence-electron chi connectivity index (χ2n) is 24.6. The van der Waals surface area contributed by atoms with E-state index in [2.05, 4.69) is 55.6 Å². The first-order valence-corrected chi connectivity index (χ1v) is 35.4. The van der Waals surface area contributed by atoms with Crippen LogP contribution in [0.4, 0.5) is 0 Å². The molecule has 83 heavy (non-hydrogen) atoms. The molecule has 0 aromatic heterocycles. The minimum atomic E-state index is -1.57. The van der Waals surface area contributed by atoms with Crippen LogP contribution in [-0.2, 0) is 23.8 Å². The lowest BCUT2D eigenvalue weighted by atomic mass is 9.99. The Morgan fingerprint density at radius 2 is 0.831 bits per heavy atom. The van der Waals surface area contributed by atoms with Crippen LogP contribution in [0.25, 0.3) is 0 Å². The van der Waals surface area contributed by atoms with Crippen LogP contribution >= 0.6 is 0 Å². The van der Waals surface area contributed by atoms with E-state index in [-0.39, 0.29) is 18.5 Å². The Hall–Kier alpha value is -2.38. The highest BCUT2D eigenvalue weighted by Crippen LogP contribution is 2.23. The van der Waals surface area contributed by atoms with E-state index in [0.29, 0.717) is 19.4 Å². The van der Waals surface area contributed by atoms with E-state index < -0.39 is 49.5 Å². The zero-order valence-electron chi connectivity index (χ0n) is 53.9. The quantitative estimate of drug-likeness (QED) is 0.0195. The lowest BCUT2D eigenvalue weighted by molar-refractivity contribution is -0.302. The molecule has 1 amide bonds. The Morgan fingerprint density at radius 1 is 0.446 bits per heavy atom. The van der Waals surface area contributed by atoms with Crippen molar-refractivity contribution in [1.82, 2.24) is 5.32 Å². The fourth-order valence-electron chi connectivity index (χ4n) is 11.1. The minimum Gasteiger partial charge on any atom is -0.466 e. The van der Waals surface area contributed by atoms with Crippen molar-refractivity contribution >= 4 is 11.9 Å². The molecule has 0 radical (unpaired) electrons. The molecule has 11 heteroatoms. The zero-order valence-corrected chi connectivity index (χ0v) is 53.9. The molecule has 7 atom stereocenters. The summed E-state index contributed by atoms with van der Waals surface area (Å²) in [5.74, 6) is -0.184. The van der Waals surface area contributed by atoms with Gasteiger partial charge in [0, 0.05) is 12.8 Å². The SMILES string of the molecule is CCC/C=C\C/C=C\CCCCCCCC(=O)OCCCCCCCCCCCCCC/C=C\CCCCCCCCCCCCCCCCCCCC(=O)NC(COC1OC(CO)C(O)C(O)C1O)C(O)/C=C/CCCCCCCCC. The standard InChI is InChI=1S/C72H133NO10/c1-3-5-7-9-11-13-14-36-40-44-48-52-56-60-68(77)81-61-57-53-49-45-41-38-35-33-31-29-27-25-23-21-19-17-15-16-18-20-22-24-26-28-30-32-34-37-39-43-47-51-55-59-67(76)73-64(65(75)58-54-50-46-42-12-10-8-6-4-2)63-82-72-71(80)70(79)69(78)66(62-74)83-72/h7,9,13-14,19,21,54,58,64-66,69-72,74-75,78-80H,3-6,8,10-12,15-18,20,22-53,55-57,59-63H2,1-2H3,(H,73,76)/b9-7-,14-13-,21-19-,58-54+. The van der Waals surface area contributed by atoms with Crippen molar-refractivity contribution in [2.75, 3.05) is 19.8 Å². The number of hydrogen-bond donors (Lipinski definition) is 6. The molecule has 486 valence electrons. The summed E-state index contributed by atoms with van der Waals surface area (Å²) in [5, 5.41) is 54.3. The molecule has 1 fully saturated rings. The molecule has 1 heterocycles. The summed E-state index contributed by atoms with van der Waals surface area (Å²) in [7, 11) is 0. The summed E-state index contributed by atoms with van der Waals surface area (Å²) in [4.78, 5) is 25.1. The summed E-state index contributed by atoms with van der Waals surface area (Å²) < 4.78 is 16.7. The Labute approximate surface area is 510 Å². The maximum atomic E-state index is 13.0. The smallest absolute Gasteiger partial charge is 0.305 e. The molecule has 6 N–H and O–H groups in total. The molecule has 0 aromatic rings. The van der Waals surface area contributed by atoms with Crippen molar-refractivity contribution in [1.29, 1.82) is 0 Å². The van der Waals surface area contributed by atoms with Gasteiger partial charge in [0.25, 0.3) is 0 Å². The molecular formula is C72H133NO10. The molecule has 0 saturated carbocycles. The third-order valence-corrected chi connectivity index (χ3v) is 16.6. The first kappa shape index (κ1) is 78.6. The normalized spacial score (nSPS) is 18.4. The molecule has 1 saturated heterocycles. The average Bonchev–Trinajstić information content (AvgIpc) is 3.54. The number of rotatable bonds is 62. The van der Waals surface area contributed by atoms with Gasteiger partial charge in [-0.25, -0.2) is 0 Å². The van der Waals surface area contributed by atoms with Gasteiger partial charge in [-0.2, -0.15) is 0 Å². The topological polar surface area (TPSA) is 175 Å². The van der Waals surface area contributed by atoms with Gasteiger partial charge in [0.15, 0.2) is 6.29 Å². The predicted molar refractivity (Wildman–Crippen MR) is 347 cm³/mol. The summed E-state index contributed by atoms with van der Waals surface area (Å²) in [6, 6.07) is -0.806. The highest BCUT2D eigenvalue weighted by Gasteiger charge is 2.44. The Kier molecular flexibility index (Phi) is 58.0. The van der Waals surface area contributed by atoms with E-state index in [1.54, 1.807) is 6.08 Å². The number of carbonyl (C=O) groups is 2. The second-order valence-corrected chi connectivity index (χ2v) is 24.6. The van der Waals surface area contributed by atoms with Crippen molar-refractivity contribution < 1.29 is 49.3 Å². The third kappa shape index (κ3) is 50.3. The van der Waals surface area contributed by atoms with Gasteiger partial charge >= 0.3 is 5.97 Å². The van der Waals surface area contributed by atoms with Gasteiger partial charge in [0.05, 0.1) is 32.0 Å². The van der Waals surface area contributed by atoms with Gasteiger partial charge in [-0.05, 0) is 83.5 Å². The van der Waals surface area contributed by atoms with Crippen molar-refractivity contribution in [3.05, 3.63) is 48.6 Å². The van der Waals surface area contributed by atoms with E-state index in [0.717, 1.165) is 64.2 Å². The van der Waals surface area contributed by atoms with Crippen LogP contribution in [-0.4, -0.2) is 100 Å². The van der Waals surface area contributed by atoms with Crippen LogP contribution < -0.4 is 5.32 Å². The number of nitrogens with one attached hydrogen (secondary N) is 1. The largest absolute Gasteiger partial charge is 0.466 e. The van der Waals surface area contributed by atoms with Gasteiger partial charge in [-0.1, -0.05) is 287 Å². The molecule has 0 bridgehead atoms. The molecule has 0 spiro atoms. The first-order valence-electron chi connectivity index (χ1n) is 35.4. The summed E-state index contributed by atoms with van der Waals surface area (Å²) in [6.45, 7) is 4.27. The summed E-state index contributed by atoms with van der Waals surface area (Å²) >= 11 is 0. The zero-order chi connectivity index (χ0) is 60.2. The van der Waals surface area contributed by atoms with E-state index >= 15 is 0 Å². The second kappa shape index (κ2) is 61.3. The highest BCUT2D eigenvalue weighted by molar-refractivity contribution is 5.76. The average molecular weight is 1170 g/mol. The van der Waals surface area contributed by atoms with Crippen molar-refractivity contribution in [2.45, 2.75) is 378 Å². The summed E-state index contributed by atoms with van der Waals surface area (Å²) in [5.41, 5.74) is 0.